The Bertz CT molecular complexity index is 1660. The predicted molar refractivity (Wildman–Crippen MR) is 218 cm³/mol. The first kappa shape index (κ1) is 45.8. The van der Waals surface area contributed by atoms with Gasteiger partial charge in [0.2, 0.25) is 0 Å². The van der Waals surface area contributed by atoms with E-state index >= 15 is 0 Å². The van der Waals surface area contributed by atoms with Crippen LogP contribution in [0.4, 0.5) is 0 Å². The van der Waals surface area contributed by atoms with Crippen molar-refractivity contribution in [2.45, 2.75) is 96.5 Å². The van der Waals surface area contributed by atoms with Gasteiger partial charge in [0.15, 0.2) is 0 Å². The van der Waals surface area contributed by atoms with Crippen LogP contribution in [0.1, 0.15) is 114 Å². The molecule has 0 amide bonds. The summed E-state index contributed by atoms with van der Waals surface area (Å²) in [6.45, 7) is 19.6. The van der Waals surface area contributed by atoms with Gasteiger partial charge in [-0.1, -0.05) is 166 Å². The highest BCUT2D eigenvalue weighted by molar-refractivity contribution is 7.53. The Kier molecular flexibility index (Phi) is 15.0. The highest BCUT2D eigenvalue weighted by atomic mass is 31.2. The lowest BCUT2D eigenvalue weighted by Gasteiger charge is -2.49. The lowest BCUT2D eigenvalue weighted by Crippen LogP contribution is -2.55. The number of hydrogen-bond acceptors (Lipinski definition) is 9. The normalized spacial score (nSPS) is 13.3. The van der Waals surface area contributed by atoms with Crippen LogP contribution in [-0.2, 0) is 31.6 Å². The van der Waals surface area contributed by atoms with E-state index in [0.717, 1.165) is 33.4 Å². The Balaban J connectivity index is 0.00000102. The first-order chi connectivity index (χ1) is 24.9. The van der Waals surface area contributed by atoms with Crippen molar-refractivity contribution in [2.75, 3.05) is 19.8 Å². The molecule has 0 aliphatic rings. The van der Waals surface area contributed by atoms with E-state index in [1.165, 1.54) is 0 Å². The third kappa shape index (κ3) is 9.66. The zero-order valence-corrected chi connectivity index (χ0v) is 35.0. The standard InChI is InChI=1S/C43H56O4.H4O5P2/c1-38(2,3)32-21-23-34(36(25-32)40(7,8)30-17-13-11-14-18-30)43(47,42(27-44,28-45)29-46)35-24-22-33(39(4,5)6)26-37(35)41(9,10)31-19-15-12-16-20-31;1-6(2)5-7(3)4/h11-26,44-47H,27-29H2,1-10H3;1-4H. The van der Waals surface area contributed by atoms with Crippen molar-refractivity contribution < 1.29 is 44.3 Å². The monoisotopic (exact) mass is 782 g/mol. The molecule has 0 bridgehead atoms. The van der Waals surface area contributed by atoms with Crippen molar-refractivity contribution in [3.8, 4) is 0 Å². The molecule has 4 rings (SSSR count). The van der Waals surface area contributed by atoms with Gasteiger partial charge in [-0.25, -0.2) is 4.31 Å². The summed E-state index contributed by atoms with van der Waals surface area (Å²) >= 11 is 0. The number of hydrogen-bond donors (Lipinski definition) is 8. The molecule has 54 heavy (non-hydrogen) atoms. The summed E-state index contributed by atoms with van der Waals surface area (Å²) in [6.07, 6.45) is 0. The van der Waals surface area contributed by atoms with Crippen molar-refractivity contribution >= 4 is 17.2 Å². The fourth-order valence-corrected chi connectivity index (χ4v) is 7.50. The van der Waals surface area contributed by atoms with Gasteiger partial charge < -0.3 is 40.0 Å². The van der Waals surface area contributed by atoms with Crippen molar-refractivity contribution in [3.05, 3.63) is 142 Å². The summed E-state index contributed by atoms with van der Waals surface area (Å²) in [6, 6.07) is 32.7. The Hall–Kier alpha value is -2.62. The summed E-state index contributed by atoms with van der Waals surface area (Å²) in [5.74, 6) is 0. The fraction of sp³-hybridized carbons (Fsp3) is 0.442. The third-order valence-electron chi connectivity index (χ3n) is 10.7. The van der Waals surface area contributed by atoms with Gasteiger partial charge >= 0.3 is 17.2 Å². The minimum Gasteiger partial charge on any atom is -0.395 e. The molecule has 0 saturated heterocycles. The minimum atomic E-state index is -2.61. The van der Waals surface area contributed by atoms with Crippen molar-refractivity contribution in [1.82, 2.24) is 0 Å². The second kappa shape index (κ2) is 17.7. The highest BCUT2D eigenvalue weighted by Gasteiger charge is 2.56. The van der Waals surface area contributed by atoms with Crippen LogP contribution in [0.5, 0.6) is 0 Å². The molecule has 8 N–H and O–H groups in total. The largest absolute Gasteiger partial charge is 0.395 e. The van der Waals surface area contributed by atoms with E-state index in [9.17, 15) is 20.4 Å². The minimum absolute atomic E-state index is 0.186. The summed E-state index contributed by atoms with van der Waals surface area (Å²) in [4.78, 5) is 31.3. The summed E-state index contributed by atoms with van der Waals surface area (Å²) in [7, 11) is -5.22. The van der Waals surface area contributed by atoms with Gasteiger partial charge in [-0.15, -0.1) is 0 Å². The van der Waals surface area contributed by atoms with E-state index in [2.05, 4.69) is 110 Å². The molecular weight excluding hydrogens is 722 g/mol. The predicted octanol–water partition coefficient (Wildman–Crippen LogP) is 7.56. The average molecular weight is 783 g/mol. The maximum Gasteiger partial charge on any atom is 0.334 e. The second-order valence-electron chi connectivity index (χ2n) is 17.1. The molecule has 0 saturated carbocycles. The van der Waals surface area contributed by atoms with Crippen LogP contribution in [0.25, 0.3) is 0 Å². The van der Waals surface area contributed by atoms with Crippen LogP contribution < -0.4 is 0 Å². The van der Waals surface area contributed by atoms with E-state index in [4.69, 9.17) is 19.6 Å². The molecule has 4 aromatic rings. The lowest BCUT2D eigenvalue weighted by molar-refractivity contribution is -0.137. The highest BCUT2D eigenvalue weighted by Crippen LogP contribution is 2.53. The van der Waals surface area contributed by atoms with Gasteiger partial charge in [-0.3, -0.25) is 0 Å². The van der Waals surface area contributed by atoms with E-state index < -0.39 is 58.9 Å². The molecule has 0 spiro atoms. The molecule has 0 unspecified atom stereocenters. The van der Waals surface area contributed by atoms with Crippen molar-refractivity contribution in [3.63, 3.8) is 0 Å². The topological polar surface area (TPSA) is 171 Å². The quantitative estimate of drug-likeness (QED) is 0.0676. The molecule has 11 heteroatoms. The van der Waals surface area contributed by atoms with Gasteiger partial charge in [-0.2, -0.15) is 0 Å². The fourth-order valence-electron chi connectivity index (χ4n) is 6.98. The van der Waals surface area contributed by atoms with Gasteiger partial charge in [0.05, 0.1) is 25.2 Å². The van der Waals surface area contributed by atoms with Crippen LogP contribution in [0.3, 0.4) is 0 Å². The van der Waals surface area contributed by atoms with Gasteiger partial charge in [0.25, 0.3) is 0 Å². The molecule has 0 radical (unpaired) electrons. The Morgan fingerprint density at radius 2 is 0.759 bits per heavy atom. The lowest BCUT2D eigenvalue weighted by atomic mass is 9.59. The molecule has 296 valence electrons. The molecule has 0 fully saturated rings. The molecule has 0 heterocycles. The smallest absolute Gasteiger partial charge is 0.334 e. The number of benzene rings is 4. The van der Waals surface area contributed by atoms with E-state index in [1.54, 1.807) is 0 Å². The molecular formula is C43H60O9P2. The van der Waals surface area contributed by atoms with E-state index in [1.807, 2.05) is 60.7 Å². The third-order valence-corrected chi connectivity index (χ3v) is 11.9. The van der Waals surface area contributed by atoms with Gasteiger partial charge in [-0.05, 0) is 55.3 Å². The first-order valence-electron chi connectivity index (χ1n) is 17.9. The average Bonchev–Trinajstić information content (AvgIpc) is 3.11. The van der Waals surface area contributed by atoms with Crippen LogP contribution >= 0.6 is 17.2 Å². The molecule has 4 aromatic carbocycles. The summed E-state index contributed by atoms with van der Waals surface area (Å²) < 4.78 is 3.60. The van der Waals surface area contributed by atoms with Crippen molar-refractivity contribution in [2.24, 2.45) is 5.41 Å². The zero-order valence-electron chi connectivity index (χ0n) is 33.2. The van der Waals surface area contributed by atoms with Crippen LogP contribution in [0.2, 0.25) is 0 Å². The summed E-state index contributed by atoms with van der Waals surface area (Å²) in [5, 5.41) is 47.2. The van der Waals surface area contributed by atoms with Crippen LogP contribution in [-0.4, -0.2) is 59.8 Å². The Labute approximate surface area is 324 Å². The molecule has 0 aliphatic carbocycles. The van der Waals surface area contributed by atoms with Crippen LogP contribution in [0, 0.1) is 5.41 Å². The number of aliphatic hydroxyl groups excluding tert-OH is 3. The Morgan fingerprint density at radius 1 is 0.444 bits per heavy atom. The van der Waals surface area contributed by atoms with Crippen molar-refractivity contribution in [1.29, 1.82) is 0 Å². The SMILES string of the molecule is CC(C)(C)c1ccc(C(O)(c2ccc(C(C)(C)C)cc2C(C)(C)c2ccccc2)C(CO)(CO)CO)c(C(C)(C)c2ccccc2)c1.OP(O)OP(O)O. The van der Waals surface area contributed by atoms with Crippen LogP contribution in [0.15, 0.2) is 97.1 Å². The molecule has 0 aliphatic heterocycles. The maximum absolute atomic E-state index is 13.8. The second-order valence-corrected chi connectivity index (χ2v) is 18.7. The zero-order chi connectivity index (χ0) is 40.9. The Morgan fingerprint density at radius 3 is 1.00 bits per heavy atom. The molecule has 0 atom stereocenters. The van der Waals surface area contributed by atoms with E-state index in [-0.39, 0.29) is 10.8 Å². The first-order valence-corrected chi connectivity index (χ1v) is 20.3. The summed E-state index contributed by atoms with van der Waals surface area (Å²) in [5.41, 5.74) is 1.81. The number of aliphatic hydroxyl groups is 4. The molecule has 0 aromatic heterocycles. The maximum atomic E-state index is 13.8. The van der Waals surface area contributed by atoms with Gasteiger partial charge in [0, 0.05) is 10.8 Å². The van der Waals surface area contributed by atoms with Gasteiger partial charge in [0.1, 0.15) is 5.60 Å². The molecule has 9 nitrogen and oxygen atoms in total. The number of rotatable bonds is 12. The van der Waals surface area contributed by atoms with E-state index in [0.29, 0.717) is 11.1 Å².